The number of halogens is 3. The molecule has 2 aromatic rings. The Morgan fingerprint density at radius 3 is 2.40 bits per heavy atom. The second kappa shape index (κ2) is 8.77. The van der Waals surface area contributed by atoms with Crippen LogP contribution in [0.5, 0.6) is 0 Å². The summed E-state index contributed by atoms with van der Waals surface area (Å²) >= 11 is 0. The Balaban J connectivity index is 1.83. The molecule has 0 radical (unpaired) electrons. The van der Waals surface area contributed by atoms with Crippen LogP contribution in [0.25, 0.3) is 0 Å². The maximum atomic E-state index is 12.9. The fourth-order valence-corrected chi connectivity index (χ4v) is 3.54. The van der Waals surface area contributed by atoms with E-state index in [9.17, 15) is 22.8 Å². The summed E-state index contributed by atoms with van der Waals surface area (Å²) in [6.07, 6.45) is -4.99. The minimum atomic E-state index is -4.52. The number of benzene rings is 2. The Kier molecular flexibility index (Phi) is 6.34. The number of alkyl halides is 3. The van der Waals surface area contributed by atoms with E-state index in [0.29, 0.717) is 0 Å². The first kappa shape index (κ1) is 21.7. The van der Waals surface area contributed by atoms with Crippen LogP contribution in [0.1, 0.15) is 35.6 Å². The molecule has 2 aromatic carbocycles. The molecule has 0 saturated carbocycles. The van der Waals surface area contributed by atoms with E-state index in [1.807, 2.05) is 60.8 Å². The molecule has 8 heteroatoms. The summed E-state index contributed by atoms with van der Waals surface area (Å²) in [6, 6.07) is 12.6. The van der Waals surface area contributed by atoms with Crippen LogP contribution in [0.4, 0.5) is 18.9 Å². The molecule has 2 amide bonds. The molecule has 0 bridgehead atoms. The Hall–Kier alpha value is -3.03. The first-order valence-electron chi connectivity index (χ1n) is 9.71. The van der Waals surface area contributed by atoms with Gasteiger partial charge in [-0.1, -0.05) is 42.0 Å². The quantitative estimate of drug-likeness (QED) is 0.648. The first-order valence-corrected chi connectivity index (χ1v) is 9.71. The van der Waals surface area contributed by atoms with E-state index in [1.54, 1.807) is 7.05 Å². The third-order valence-corrected chi connectivity index (χ3v) is 5.29. The summed E-state index contributed by atoms with van der Waals surface area (Å²) in [5.74, 6) is -2.65. The van der Waals surface area contributed by atoms with Crippen molar-refractivity contribution in [2.45, 2.75) is 38.0 Å². The number of carbonyl (C=O) groups excluding carboxylic acids is 2. The van der Waals surface area contributed by atoms with Crippen LogP contribution in [0.2, 0.25) is 0 Å². The predicted molar refractivity (Wildman–Crippen MR) is 108 cm³/mol. The van der Waals surface area contributed by atoms with Gasteiger partial charge in [0.15, 0.2) is 0 Å². The monoisotopic (exact) mass is 419 g/mol. The Labute approximate surface area is 173 Å². The maximum Gasteiger partial charge on any atom is 0.408 e. The third kappa shape index (κ3) is 4.93. The number of nitrogens with one attached hydrogen (secondary N) is 3. The van der Waals surface area contributed by atoms with Crippen molar-refractivity contribution in [3.63, 3.8) is 0 Å². The Morgan fingerprint density at radius 1 is 1.10 bits per heavy atom. The van der Waals surface area contributed by atoms with E-state index in [1.165, 1.54) is 0 Å². The molecule has 3 atom stereocenters. The molecule has 0 aliphatic carbocycles. The Bertz CT molecular complexity index is 913. The molecular weight excluding hydrogens is 395 g/mol. The van der Waals surface area contributed by atoms with Gasteiger partial charge in [0.25, 0.3) is 0 Å². The zero-order valence-electron chi connectivity index (χ0n) is 16.7. The lowest BCUT2D eigenvalue weighted by Crippen LogP contribution is -2.54. The minimum Gasteiger partial charge on any atom is -0.388 e. The van der Waals surface area contributed by atoms with Crippen LogP contribution in [0.15, 0.2) is 48.5 Å². The third-order valence-electron chi connectivity index (χ3n) is 5.29. The van der Waals surface area contributed by atoms with Crippen LogP contribution >= 0.6 is 0 Å². The van der Waals surface area contributed by atoms with Crippen molar-refractivity contribution in [2.75, 3.05) is 12.4 Å². The summed E-state index contributed by atoms with van der Waals surface area (Å²) in [7, 11) is 1.78. The van der Waals surface area contributed by atoms with Crippen LogP contribution in [-0.4, -0.2) is 31.1 Å². The van der Waals surface area contributed by atoms with Crippen LogP contribution in [0.3, 0.4) is 0 Å². The van der Waals surface area contributed by atoms with Crippen molar-refractivity contribution in [1.82, 2.24) is 10.6 Å². The van der Waals surface area contributed by atoms with Gasteiger partial charge in [-0.2, -0.15) is 13.2 Å². The molecule has 0 spiro atoms. The first-order chi connectivity index (χ1) is 14.2. The molecule has 1 heterocycles. The van der Waals surface area contributed by atoms with Crippen molar-refractivity contribution in [2.24, 2.45) is 5.92 Å². The van der Waals surface area contributed by atoms with Gasteiger partial charge in [0, 0.05) is 12.7 Å². The zero-order valence-corrected chi connectivity index (χ0v) is 16.7. The van der Waals surface area contributed by atoms with Crippen molar-refractivity contribution in [1.29, 1.82) is 0 Å². The summed E-state index contributed by atoms with van der Waals surface area (Å²) < 4.78 is 38.6. The van der Waals surface area contributed by atoms with Gasteiger partial charge in [-0.05, 0) is 43.0 Å². The van der Waals surface area contributed by atoms with Crippen LogP contribution < -0.4 is 16.0 Å². The lowest BCUT2D eigenvalue weighted by atomic mass is 9.91. The Morgan fingerprint density at radius 2 is 1.80 bits per heavy atom. The fraction of sp³-hybridized carbons (Fsp3) is 0.364. The number of amides is 2. The van der Waals surface area contributed by atoms with Gasteiger partial charge < -0.3 is 16.0 Å². The molecule has 1 fully saturated rings. The summed E-state index contributed by atoms with van der Waals surface area (Å²) in [4.78, 5) is 25.1. The van der Waals surface area contributed by atoms with E-state index in [0.717, 1.165) is 22.4 Å². The van der Waals surface area contributed by atoms with Gasteiger partial charge in [-0.25, -0.2) is 0 Å². The summed E-state index contributed by atoms with van der Waals surface area (Å²) in [6.45, 7) is 1.95. The molecule has 3 N–H and O–H groups in total. The molecule has 3 rings (SSSR count). The molecule has 1 saturated heterocycles. The smallest absolute Gasteiger partial charge is 0.388 e. The number of rotatable bonds is 5. The number of piperidine rings is 1. The standard InChI is InChI=1S/C22H24F3N3O2/c1-13-6-8-14(9-7-13)19(15-4-3-5-16(12-15)26-2)28-21(30)17-10-11-18(22(23,24)25)27-20(17)29/h3-9,12,17-19,26H,10-11H2,1-2H3,(H,27,29)(H,28,30). The highest BCUT2D eigenvalue weighted by molar-refractivity contribution is 6.01. The van der Waals surface area contributed by atoms with Crippen molar-refractivity contribution in [3.8, 4) is 0 Å². The number of hydrogen-bond donors (Lipinski definition) is 3. The van der Waals surface area contributed by atoms with Crippen molar-refractivity contribution < 1.29 is 22.8 Å². The molecule has 1 aliphatic rings. The highest BCUT2D eigenvalue weighted by Crippen LogP contribution is 2.30. The van der Waals surface area contributed by atoms with Gasteiger partial charge >= 0.3 is 6.18 Å². The number of anilines is 1. The van der Waals surface area contributed by atoms with Gasteiger partial charge in [-0.15, -0.1) is 0 Å². The van der Waals surface area contributed by atoms with Gasteiger partial charge in [-0.3, -0.25) is 9.59 Å². The van der Waals surface area contributed by atoms with Crippen molar-refractivity contribution >= 4 is 17.5 Å². The topological polar surface area (TPSA) is 70.2 Å². The van der Waals surface area contributed by atoms with E-state index in [-0.39, 0.29) is 12.8 Å². The fourth-order valence-electron chi connectivity index (χ4n) is 3.54. The predicted octanol–water partition coefficient (Wildman–Crippen LogP) is 3.70. The summed E-state index contributed by atoms with van der Waals surface area (Å²) in [5, 5.41) is 7.84. The van der Waals surface area contributed by atoms with Crippen molar-refractivity contribution in [3.05, 3.63) is 65.2 Å². The number of aryl methyl sites for hydroxylation is 1. The molecule has 0 aromatic heterocycles. The van der Waals surface area contributed by atoms with Gasteiger partial charge in [0.1, 0.15) is 12.0 Å². The number of carbonyl (C=O) groups is 2. The summed E-state index contributed by atoms with van der Waals surface area (Å²) in [5.41, 5.74) is 3.51. The average molecular weight is 419 g/mol. The highest BCUT2D eigenvalue weighted by atomic mass is 19.4. The highest BCUT2D eigenvalue weighted by Gasteiger charge is 2.46. The van der Waals surface area contributed by atoms with Gasteiger partial charge in [0.05, 0.1) is 6.04 Å². The van der Waals surface area contributed by atoms with Crippen LogP contribution in [0, 0.1) is 12.8 Å². The van der Waals surface area contributed by atoms with E-state index in [2.05, 4.69) is 10.6 Å². The zero-order chi connectivity index (χ0) is 21.9. The molecule has 5 nitrogen and oxygen atoms in total. The SMILES string of the molecule is CNc1cccc(C(NC(=O)C2CCC(C(F)(F)F)NC2=O)c2ccc(C)cc2)c1. The second-order valence-electron chi connectivity index (χ2n) is 7.46. The number of hydrogen-bond acceptors (Lipinski definition) is 3. The lowest BCUT2D eigenvalue weighted by molar-refractivity contribution is -0.171. The van der Waals surface area contributed by atoms with Crippen LogP contribution in [-0.2, 0) is 9.59 Å². The average Bonchev–Trinajstić information content (AvgIpc) is 2.72. The largest absolute Gasteiger partial charge is 0.408 e. The van der Waals surface area contributed by atoms with E-state index in [4.69, 9.17) is 0 Å². The maximum absolute atomic E-state index is 12.9. The molecular formula is C22H24F3N3O2. The molecule has 160 valence electrons. The minimum absolute atomic E-state index is 0.154. The van der Waals surface area contributed by atoms with E-state index < -0.39 is 36.0 Å². The second-order valence-corrected chi connectivity index (χ2v) is 7.46. The molecule has 30 heavy (non-hydrogen) atoms. The van der Waals surface area contributed by atoms with Gasteiger partial charge in [0.2, 0.25) is 11.8 Å². The molecule has 3 unspecified atom stereocenters. The molecule has 1 aliphatic heterocycles. The van der Waals surface area contributed by atoms with E-state index >= 15 is 0 Å². The lowest BCUT2D eigenvalue weighted by Gasteiger charge is -2.31. The normalized spacial score (nSPS) is 20.2.